The lowest BCUT2D eigenvalue weighted by Crippen LogP contribution is -1.94. The Balaban J connectivity index is 0.00000182. The summed E-state index contributed by atoms with van der Waals surface area (Å²) in [5.41, 5.74) is 2.88. The summed E-state index contributed by atoms with van der Waals surface area (Å²) >= 11 is 1.52. The van der Waals surface area contributed by atoms with E-state index in [0.717, 1.165) is 31.6 Å². The van der Waals surface area contributed by atoms with E-state index in [1.807, 2.05) is 31.2 Å². The van der Waals surface area contributed by atoms with Gasteiger partial charge in [0.2, 0.25) is 0 Å². The molecule has 4 rings (SSSR count). The number of aryl methyl sites for hydroxylation is 1. The third-order valence-electron chi connectivity index (χ3n) is 3.73. The standard InChI is InChI=1S/C17H12N4O2S.ClH/c1-10-3-2-4-11(7-10)20-17-16-15(18-9-19-17)13-8-12(21(22)23)5-6-14(13)24-16;/h2-9H,1H3,(H,18,19,20);1H. The molecule has 0 fully saturated rings. The molecule has 0 saturated carbocycles. The van der Waals surface area contributed by atoms with Crippen LogP contribution in [0.25, 0.3) is 20.3 Å². The highest BCUT2D eigenvalue weighted by atomic mass is 35.5. The minimum atomic E-state index is -0.393. The molecule has 0 atom stereocenters. The topological polar surface area (TPSA) is 81.0 Å². The second-order valence-electron chi connectivity index (χ2n) is 5.43. The molecule has 1 N–H and O–H groups in total. The Labute approximate surface area is 153 Å². The number of rotatable bonds is 3. The average Bonchev–Trinajstić information content (AvgIpc) is 2.94. The Hall–Kier alpha value is -2.77. The van der Waals surface area contributed by atoms with Crippen LogP contribution in [-0.2, 0) is 0 Å². The summed E-state index contributed by atoms with van der Waals surface area (Å²) in [4.78, 5) is 19.3. The minimum absolute atomic E-state index is 0. The molecule has 0 amide bonds. The maximum atomic E-state index is 11.0. The zero-order valence-corrected chi connectivity index (χ0v) is 14.7. The van der Waals surface area contributed by atoms with Gasteiger partial charge >= 0.3 is 0 Å². The van der Waals surface area contributed by atoms with E-state index in [2.05, 4.69) is 15.3 Å². The molecule has 2 aromatic carbocycles. The van der Waals surface area contributed by atoms with Crippen molar-refractivity contribution in [3.05, 3.63) is 64.5 Å². The zero-order chi connectivity index (χ0) is 16.7. The van der Waals surface area contributed by atoms with Gasteiger partial charge < -0.3 is 5.32 Å². The molecule has 0 spiro atoms. The minimum Gasteiger partial charge on any atom is -0.339 e. The second kappa shape index (κ2) is 6.62. The van der Waals surface area contributed by atoms with E-state index in [0.29, 0.717) is 5.82 Å². The highest BCUT2D eigenvalue weighted by molar-refractivity contribution is 7.26. The van der Waals surface area contributed by atoms with Gasteiger partial charge in [-0.2, -0.15) is 0 Å². The lowest BCUT2D eigenvalue weighted by molar-refractivity contribution is -0.384. The van der Waals surface area contributed by atoms with Crippen LogP contribution in [0.15, 0.2) is 48.8 Å². The smallest absolute Gasteiger partial charge is 0.270 e. The summed E-state index contributed by atoms with van der Waals surface area (Å²) in [6, 6.07) is 12.8. The van der Waals surface area contributed by atoms with Gasteiger partial charge in [-0.05, 0) is 30.7 Å². The largest absolute Gasteiger partial charge is 0.339 e. The van der Waals surface area contributed by atoms with Gasteiger partial charge in [-0.15, -0.1) is 23.7 Å². The number of anilines is 2. The van der Waals surface area contributed by atoms with Gasteiger partial charge in [-0.25, -0.2) is 9.97 Å². The Morgan fingerprint density at radius 1 is 1.16 bits per heavy atom. The number of aromatic nitrogens is 2. The van der Waals surface area contributed by atoms with E-state index in [4.69, 9.17) is 0 Å². The molecule has 6 nitrogen and oxygen atoms in total. The van der Waals surface area contributed by atoms with Crippen molar-refractivity contribution in [3.63, 3.8) is 0 Å². The molecule has 4 aromatic rings. The monoisotopic (exact) mass is 372 g/mol. The highest BCUT2D eigenvalue weighted by Crippen LogP contribution is 2.38. The zero-order valence-electron chi connectivity index (χ0n) is 13.1. The molecule has 126 valence electrons. The molecule has 2 aromatic heterocycles. The van der Waals surface area contributed by atoms with E-state index in [9.17, 15) is 10.1 Å². The molecule has 0 unspecified atom stereocenters. The van der Waals surface area contributed by atoms with Crippen molar-refractivity contribution >= 4 is 61.2 Å². The van der Waals surface area contributed by atoms with Crippen molar-refractivity contribution in [2.45, 2.75) is 6.92 Å². The van der Waals surface area contributed by atoms with Crippen molar-refractivity contribution in [3.8, 4) is 0 Å². The molecule has 0 aliphatic rings. The molecular weight excluding hydrogens is 360 g/mol. The molecule has 8 heteroatoms. The van der Waals surface area contributed by atoms with Crippen molar-refractivity contribution in [2.75, 3.05) is 5.32 Å². The first-order valence-corrected chi connectivity index (χ1v) is 8.09. The molecule has 0 aliphatic carbocycles. The van der Waals surface area contributed by atoms with Crippen molar-refractivity contribution in [2.24, 2.45) is 0 Å². The van der Waals surface area contributed by atoms with Crippen LogP contribution in [-0.4, -0.2) is 14.9 Å². The maximum Gasteiger partial charge on any atom is 0.270 e. The van der Waals surface area contributed by atoms with Gasteiger partial charge in [0.15, 0.2) is 5.82 Å². The first kappa shape index (κ1) is 17.1. The maximum absolute atomic E-state index is 11.0. The molecule has 2 heterocycles. The van der Waals surface area contributed by atoms with Gasteiger partial charge in [0, 0.05) is 27.9 Å². The number of non-ortho nitro benzene ring substituents is 1. The predicted molar refractivity (Wildman–Crippen MR) is 103 cm³/mol. The molecular formula is C17H13ClN4O2S. The molecule has 0 bridgehead atoms. The van der Waals surface area contributed by atoms with E-state index in [-0.39, 0.29) is 18.1 Å². The fourth-order valence-electron chi connectivity index (χ4n) is 2.63. The number of halogens is 1. The van der Waals surface area contributed by atoms with Crippen LogP contribution in [0.4, 0.5) is 17.2 Å². The van der Waals surface area contributed by atoms with Gasteiger partial charge in [0.1, 0.15) is 6.33 Å². The van der Waals surface area contributed by atoms with Crippen LogP contribution in [0.3, 0.4) is 0 Å². The second-order valence-corrected chi connectivity index (χ2v) is 6.49. The highest BCUT2D eigenvalue weighted by Gasteiger charge is 2.15. The van der Waals surface area contributed by atoms with Gasteiger partial charge in [-0.1, -0.05) is 12.1 Å². The van der Waals surface area contributed by atoms with Gasteiger partial charge in [-0.3, -0.25) is 10.1 Å². The van der Waals surface area contributed by atoms with Gasteiger partial charge in [0.25, 0.3) is 5.69 Å². The van der Waals surface area contributed by atoms with Crippen LogP contribution in [0.1, 0.15) is 5.56 Å². The first-order chi connectivity index (χ1) is 11.6. The van der Waals surface area contributed by atoms with Crippen LogP contribution >= 0.6 is 23.7 Å². The number of nitrogens with zero attached hydrogens (tertiary/aromatic N) is 3. The average molecular weight is 373 g/mol. The van der Waals surface area contributed by atoms with E-state index >= 15 is 0 Å². The lowest BCUT2D eigenvalue weighted by Gasteiger charge is -2.06. The Kier molecular flexibility index (Phi) is 4.52. The van der Waals surface area contributed by atoms with Crippen molar-refractivity contribution in [1.82, 2.24) is 9.97 Å². The number of nitrogens with one attached hydrogen (secondary N) is 1. The first-order valence-electron chi connectivity index (χ1n) is 7.27. The van der Waals surface area contributed by atoms with Crippen LogP contribution in [0, 0.1) is 17.0 Å². The summed E-state index contributed by atoms with van der Waals surface area (Å²) in [7, 11) is 0. The molecule has 0 aliphatic heterocycles. The number of hydrogen-bond donors (Lipinski definition) is 1. The third-order valence-corrected chi connectivity index (χ3v) is 4.89. The van der Waals surface area contributed by atoms with Crippen LogP contribution in [0.5, 0.6) is 0 Å². The quantitative estimate of drug-likeness (QED) is 0.393. The number of nitro groups is 1. The molecule has 0 radical (unpaired) electrons. The number of fused-ring (bicyclic) bond motifs is 3. The molecule has 25 heavy (non-hydrogen) atoms. The number of nitro benzene ring substituents is 1. The van der Waals surface area contributed by atoms with Crippen LogP contribution in [0.2, 0.25) is 0 Å². The normalized spacial score (nSPS) is 10.6. The van der Waals surface area contributed by atoms with E-state index < -0.39 is 4.92 Å². The van der Waals surface area contributed by atoms with Gasteiger partial charge in [0.05, 0.1) is 15.1 Å². The SMILES string of the molecule is Cc1cccc(Nc2ncnc3c2sc2ccc([N+](=O)[O-])cc23)c1.Cl. The summed E-state index contributed by atoms with van der Waals surface area (Å²) in [5.74, 6) is 0.703. The van der Waals surface area contributed by atoms with Crippen LogP contribution < -0.4 is 5.32 Å². The summed E-state index contributed by atoms with van der Waals surface area (Å²) in [6.45, 7) is 2.03. The number of hydrogen-bond acceptors (Lipinski definition) is 6. The fourth-order valence-corrected chi connectivity index (χ4v) is 3.71. The lowest BCUT2D eigenvalue weighted by atomic mass is 10.2. The third kappa shape index (κ3) is 3.11. The predicted octanol–water partition coefficient (Wildman–Crippen LogP) is 5.23. The Morgan fingerprint density at radius 3 is 2.76 bits per heavy atom. The van der Waals surface area contributed by atoms with Crippen molar-refractivity contribution in [1.29, 1.82) is 0 Å². The number of benzene rings is 2. The van der Waals surface area contributed by atoms with E-state index in [1.54, 1.807) is 12.1 Å². The van der Waals surface area contributed by atoms with E-state index in [1.165, 1.54) is 23.7 Å². The summed E-state index contributed by atoms with van der Waals surface area (Å²) < 4.78 is 1.83. The van der Waals surface area contributed by atoms with Crippen molar-refractivity contribution < 1.29 is 4.92 Å². The molecule has 0 saturated heterocycles. The summed E-state index contributed by atoms with van der Waals surface area (Å²) in [5, 5.41) is 15.1. The fraction of sp³-hybridized carbons (Fsp3) is 0.0588. The Morgan fingerprint density at radius 2 is 2.00 bits per heavy atom. The Bertz CT molecular complexity index is 1100. The summed E-state index contributed by atoms with van der Waals surface area (Å²) in [6.07, 6.45) is 1.48. The number of thiophene rings is 1.